The number of nitrogens with zero attached hydrogens (tertiary/aromatic N) is 6. The Balaban J connectivity index is 1.25. The summed E-state index contributed by atoms with van der Waals surface area (Å²) < 4.78 is 1.98. The van der Waals surface area contributed by atoms with Crippen molar-refractivity contribution in [3.63, 3.8) is 0 Å². The van der Waals surface area contributed by atoms with Crippen molar-refractivity contribution >= 4 is 28.3 Å². The van der Waals surface area contributed by atoms with E-state index in [1.807, 2.05) is 40.8 Å². The molecule has 0 unspecified atom stereocenters. The molecule has 4 heterocycles. The lowest BCUT2D eigenvalue weighted by Gasteiger charge is -2.33. The Kier molecular flexibility index (Phi) is 5.05. The van der Waals surface area contributed by atoms with Crippen LogP contribution in [0.4, 0.5) is 11.5 Å². The van der Waals surface area contributed by atoms with E-state index in [4.69, 9.17) is 5.10 Å². The molecule has 172 valence electrons. The zero-order chi connectivity index (χ0) is 23.2. The maximum Gasteiger partial charge on any atom is 0.230 e. The summed E-state index contributed by atoms with van der Waals surface area (Å²) in [5.41, 5.74) is 6.21. The number of piperidine rings is 1. The van der Waals surface area contributed by atoms with Gasteiger partial charge in [-0.25, -0.2) is 4.68 Å². The molecule has 1 saturated heterocycles. The third-order valence-corrected chi connectivity index (χ3v) is 7.28. The van der Waals surface area contributed by atoms with Gasteiger partial charge in [0.2, 0.25) is 5.91 Å². The minimum absolute atomic E-state index is 0.0416. The maximum atomic E-state index is 13.3. The number of aryl methyl sites for hydroxylation is 2. The Morgan fingerprint density at radius 1 is 0.912 bits per heavy atom. The first-order chi connectivity index (χ1) is 16.6. The molecule has 2 aliphatic heterocycles. The number of fused-ring (bicyclic) bond motifs is 2. The summed E-state index contributed by atoms with van der Waals surface area (Å²) in [6, 6.07) is 18.4. The zero-order valence-electron chi connectivity index (χ0n) is 19.6. The first-order valence-corrected chi connectivity index (χ1v) is 12.0. The quantitative estimate of drug-likeness (QED) is 0.465. The van der Waals surface area contributed by atoms with E-state index in [0.29, 0.717) is 0 Å². The third kappa shape index (κ3) is 3.34. The molecule has 0 bridgehead atoms. The van der Waals surface area contributed by atoms with E-state index in [9.17, 15) is 4.79 Å². The number of hydrogen-bond acceptors (Lipinski definition) is 5. The highest BCUT2D eigenvalue weighted by Gasteiger charge is 2.33. The van der Waals surface area contributed by atoms with Gasteiger partial charge in [-0.05, 0) is 56.9 Å². The fourth-order valence-electron chi connectivity index (χ4n) is 5.47. The van der Waals surface area contributed by atoms with Crippen LogP contribution in [0, 0.1) is 19.8 Å². The fourth-order valence-corrected chi connectivity index (χ4v) is 5.47. The molecule has 0 aliphatic carbocycles. The molecule has 2 aromatic carbocycles. The average molecular weight is 453 g/mol. The van der Waals surface area contributed by atoms with Crippen LogP contribution < -0.4 is 9.80 Å². The molecule has 1 fully saturated rings. The predicted octanol–water partition coefficient (Wildman–Crippen LogP) is 4.24. The van der Waals surface area contributed by atoms with Crippen LogP contribution in [0.3, 0.4) is 0 Å². The number of rotatable bonds is 3. The number of hydrogen-bond donors (Lipinski definition) is 0. The second kappa shape index (κ2) is 8.24. The summed E-state index contributed by atoms with van der Waals surface area (Å²) in [6.45, 7) is 6.41. The average Bonchev–Trinajstić information content (AvgIpc) is 3.47. The van der Waals surface area contributed by atoms with Gasteiger partial charge in [0, 0.05) is 31.2 Å². The molecule has 0 N–H and O–H groups in total. The molecule has 0 saturated carbocycles. The minimum Gasteiger partial charge on any atom is -0.353 e. The first kappa shape index (κ1) is 20.8. The Bertz CT molecular complexity index is 1370. The van der Waals surface area contributed by atoms with E-state index in [2.05, 4.69) is 52.4 Å². The Labute approximate surface area is 199 Å². The van der Waals surface area contributed by atoms with Crippen molar-refractivity contribution in [3.05, 3.63) is 71.5 Å². The highest BCUT2D eigenvalue weighted by atomic mass is 16.2. The van der Waals surface area contributed by atoms with Crippen LogP contribution in [0.25, 0.3) is 16.6 Å². The van der Waals surface area contributed by atoms with Gasteiger partial charge in [-0.1, -0.05) is 36.4 Å². The van der Waals surface area contributed by atoms with Crippen LogP contribution in [0.1, 0.15) is 29.8 Å². The molecular formula is C27H28N6O. The summed E-state index contributed by atoms with van der Waals surface area (Å²) >= 11 is 0. The topological polar surface area (TPSA) is 67.2 Å². The Morgan fingerprint density at radius 2 is 1.65 bits per heavy atom. The van der Waals surface area contributed by atoms with E-state index >= 15 is 0 Å². The second-order valence-corrected chi connectivity index (χ2v) is 9.30. The number of benzene rings is 2. The summed E-state index contributed by atoms with van der Waals surface area (Å²) in [5.74, 6) is 1.12. The van der Waals surface area contributed by atoms with Crippen LogP contribution in [-0.4, -0.2) is 45.5 Å². The lowest BCUT2D eigenvalue weighted by atomic mass is 9.95. The van der Waals surface area contributed by atoms with Crippen molar-refractivity contribution < 1.29 is 4.79 Å². The molecule has 0 spiro atoms. The van der Waals surface area contributed by atoms with E-state index in [-0.39, 0.29) is 11.8 Å². The van der Waals surface area contributed by atoms with Gasteiger partial charge < -0.3 is 9.80 Å². The van der Waals surface area contributed by atoms with E-state index in [0.717, 1.165) is 78.4 Å². The molecule has 7 nitrogen and oxygen atoms in total. The Morgan fingerprint density at radius 3 is 2.44 bits per heavy atom. The summed E-state index contributed by atoms with van der Waals surface area (Å²) in [5, 5.41) is 15.0. The highest BCUT2D eigenvalue weighted by molar-refractivity contribution is 5.97. The van der Waals surface area contributed by atoms with Crippen molar-refractivity contribution in [3.8, 4) is 5.69 Å². The maximum absolute atomic E-state index is 13.3. The summed E-state index contributed by atoms with van der Waals surface area (Å²) in [4.78, 5) is 17.6. The number of para-hydroxylation sites is 2. The van der Waals surface area contributed by atoms with Crippen LogP contribution in [-0.2, 0) is 11.2 Å². The van der Waals surface area contributed by atoms with E-state index < -0.39 is 0 Å². The van der Waals surface area contributed by atoms with E-state index in [1.165, 1.54) is 5.56 Å². The molecule has 2 aromatic heterocycles. The SMILES string of the molecule is Cc1nnc(N2CCC(C(=O)N3CCc4ccccc43)CC2)c2nn(-c3ccccc3)c(C)c12. The molecular weight excluding hydrogens is 424 g/mol. The van der Waals surface area contributed by atoms with Crippen LogP contribution in [0.5, 0.6) is 0 Å². The number of aromatic nitrogens is 4. The normalized spacial score (nSPS) is 16.3. The highest BCUT2D eigenvalue weighted by Crippen LogP contribution is 2.34. The van der Waals surface area contributed by atoms with Gasteiger partial charge in [0.05, 0.1) is 22.5 Å². The minimum atomic E-state index is 0.0416. The van der Waals surface area contributed by atoms with Crippen molar-refractivity contribution in [2.75, 3.05) is 29.4 Å². The number of anilines is 2. The zero-order valence-corrected chi connectivity index (χ0v) is 19.6. The van der Waals surface area contributed by atoms with Crippen molar-refractivity contribution in [2.45, 2.75) is 33.1 Å². The molecule has 2 aliphatic rings. The number of amides is 1. The van der Waals surface area contributed by atoms with Crippen molar-refractivity contribution in [2.24, 2.45) is 5.92 Å². The summed E-state index contributed by atoms with van der Waals surface area (Å²) in [7, 11) is 0. The molecule has 0 atom stereocenters. The van der Waals surface area contributed by atoms with Crippen molar-refractivity contribution in [1.82, 2.24) is 20.0 Å². The third-order valence-electron chi connectivity index (χ3n) is 7.28. The van der Waals surface area contributed by atoms with Gasteiger partial charge in [-0.15, -0.1) is 5.10 Å². The fraction of sp³-hybridized carbons (Fsp3) is 0.333. The molecule has 7 heteroatoms. The van der Waals surface area contributed by atoms with Gasteiger partial charge in [0.15, 0.2) is 5.82 Å². The number of carbonyl (C=O) groups is 1. The lowest BCUT2D eigenvalue weighted by Crippen LogP contribution is -2.42. The smallest absolute Gasteiger partial charge is 0.230 e. The largest absolute Gasteiger partial charge is 0.353 e. The summed E-state index contributed by atoms with van der Waals surface area (Å²) in [6.07, 6.45) is 2.57. The van der Waals surface area contributed by atoms with Crippen LogP contribution in [0.2, 0.25) is 0 Å². The van der Waals surface area contributed by atoms with Crippen LogP contribution >= 0.6 is 0 Å². The molecule has 0 radical (unpaired) electrons. The van der Waals surface area contributed by atoms with Gasteiger partial charge in [0.1, 0.15) is 5.52 Å². The Hall–Kier alpha value is -3.74. The monoisotopic (exact) mass is 452 g/mol. The van der Waals surface area contributed by atoms with Gasteiger partial charge in [-0.3, -0.25) is 4.79 Å². The molecule has 6 rings (SSSR count). The molecule has 1 amide bonds. The number of carbonyl (C=O) groups excluding carboxylic acids is 1. The lowest BCUT2D eigenvalue weighted by molar-refractivity contribution is -0.122. The predicted molar refractivity (Wildman–Crippen MR) is 134 cm³/mol. The van der Waals surface area contributed by atoms with Gasteiger partial charge in [-0.2, -0.15) is 10.2 Å². The molecule has 34 heavy (non-hydrogen) atoms. The van der Waals surface area contributed by atoms with Gasteiger partial charge >= 0.3 is 0 Å². The first-order valence-electron chi connectivity index (χ1n) is 12.0. The second-order valence-electron chi connectivity index (χ2n) is 9.30. The molecule has 4 aromatic rings. The van der Waals surface area contributed by atoms with E-state index in [1.54, 1.807) is 0 Å². The van der Waals surface area contributed by atoms with Crippen molar-refractivity contribution in [1.29, 1.82) is 0 Å². The van der Waals surface area contributed by atoms with Crippen LogP contribution in [0.15, 0.2) is 54.6 Å². The van der Waals surface area contributed by atoms with Gasteiger partial charge in [0.25, 0.3) is 0 Å². The standard InChI is InChI=1S/C27H28N6O/c1-18-24-19(2)33(22-9-4-3-5-10-22)30-25(24)26(29-28-18)31-15-12-21(13-16-31)27(34)32-17-14-20-8-6-7-11-23(20)32/h3-11,21H,12-17H2,1-2H3.